The topological polar surface area (TPSA) is 75.9 Å². The zero-order valence-corrected chi connectivity index (χ0v) is 11.9. The maximum Gasteiger partial charge on any atom is 0.240 e. The minimum absolute atomic E-state index is 0.423. The molecule has 0 aliphatic heterocycles. The molecule has 4 N–H and O–H groups in total. The molecular weight excluding hydrogens is 270 g/mol. The lowest BCUT2D eigenvalue weighted by Gasteiger charge is -2.09. The second kappa shape index (κ2) is 5.44. The van der Waals surface area contributed by atoms with Crippen LogP contribution >= 0.6 is 11.3 Å². The molecule has 0 radical (unpaired) electrons. The number of fused-ring (bicyclic) bond motifs is 1. The zero-order valence-electron chi connectivity index (χ0n) is 11.1. The van der Waals surface area contributed by atoms with Crippen LogP contribution in [0.3, 0.4) is 0 Å². The molecule has 0 unspecified atom stereocenters. The van der Waals surface area contributed by atoms with Gasteiger partial charge < -0.3 is 5.32 Å². The van der Waals surface area contributed by atoms with E-state index in [1.54, 1.807) is 11.3 Å². The standard InChI is InChI=1S/C14H15N5S/c1-9-3-2-4-10(7-9)8-16-12-11-5-6-20-13(11)18-14(17-12)19-15/h2-7H,8,15H2,1H3,(H2,16,17,18,19). The maximum absolute atomic E-state index is 5.41. The summed E-state index contributed by atoms with van der Waals surface area (Å²) in [6.07, 6.45) is 0. The summed E-state index contributed by atoms with van der Waals surface area (Å²) in [7, 11) is 0. The highest BCUT2D eigenvalue weighted by atomic mass is 32.1. The molecule has 3 aromatic rings. The smallest absolute Gasteiger partial charge is 0.240 e. The van der Waals surface area contributed by atoms with Gasteiger partial charge in [-0.1, -0.05) is 29.8 Å². The van der Waals surface area contributed by atoms with Gasteiger partial charge in [0.25, 0.3) is 0 Å². The van der Waals surface area contributed by atoms with Crippen LogP contribution < -0.4 is 16.6 Å². The summed E-state index contributed by atoms with van der Waals surface area (Å²) >= 11 is 1.57. The second-order valence-electron chi connectivity index (χ2n) is 4.52. The van der Waals surface area contributed by atoms with Gasteiger partial charge in [-0.25, -0.2) is 10.8 Å². The van der Waals surface area contributed by atoms with E-state index in [4.69, 9.17) is 5.84 Å². The molecule has 0 saturated heterocycles. The molecule has 0 saturated carbocycles. The number of aromatic nitrogens is 2. The lowest BCUT2D eigenvalue weighted by atomic mass is 10.1. The molecule has 0 atom stereocenters. The fourth-order valence-electron chi connectivity index (χ4n) is 2.06. The van der Waals surface area contributed by atoms with E-state index in [9.17, 15) is 0 Å². The molecule has 6 heteroatoms. The van der Waals surface area contributed by atoms with Gasteiger partial charge in [0.1, 0.15) is 10.6 Å². The van der Waals surface area contributed by atoms with Crippen LogP contribution in [-0.4, -0.2) is 9.97 Å². The predicted octanol–water partition coefficient (Wildman–Crippen LogP) is 2.90. The number of rotatable bonds is 4. The number of aryl methyl sites for hydroxylation is 1. The number of nitrogens with two attached hydrogens (primary N) is 1. The number of nitrogen functional groups attached to an aromatic ring is 1. The van der Waals surface area contributed by atoms with Crippen LogP contribution in [0, 0.1) is 6.92 Å². The number of thiophene rings is 1. The zero-order chi connectivity index (χ0) is 13.9. The van der Waals surface area contributed by atoms with Crippen molar-refractivity contribution in [3.05, 3.63) is 46.8 Å². The fraction of sp³-hybridized carbons (Fsp3) is 0.143. The molecule has 0 amide bonds. The summed E-state index contributed by atoms with van der Waals surface area (Å²) in [6.45, 7) is 2.80. The van der Waals surface area contributed by atoms with E-state index in [1.807, 2.05) is 11.4 Å². The highest BCUT2D eigenvalue weighted by Gasteiger charge is 2.08. The monoisotopic (exact) mass is 285 g/mol. The molecule has 0 bridgehead atoms. The first-order valence-corrected chi connectivity index (χ1v) is 7.15. The van der Waals surface area contributed by atoms with Crippen LogP contribution in [0.2, 0.25) is 0 Å². The van der Waals surface area contributed by atoms with Crippen molar-refractivity contribution in [2.75, 3.05) is 10.7 Å². The van der Waals surface area contributed by atoms with Crippen molar-refractivity contribution in [3.8, 4) is 0 Å². The maximum atomic E-state index is 5.41. The molecule has 2 heterocycles. The lowest BCUT2D eigenvalue weighted by molar-refractivity contribution is 1.09. The second-order valence-corrected chi connectivity index (χ2v) is 5.42. The van der Waals surface area contributed by atoms with Gasteiger partial charge in [0, 0.05) is 6.54 Å². The van der Waals surface area contributed by atoms with E-state index >= 15 is 0 Å². The van der Waals surface area contributed by atoms with E-state index in [1.165, 1.54) is 11.1 Å². The van der Waals surface area contributed by atoms with Crippen molar-refractivity contribution >= 4 is 33.3 Å². The van der Waals surface area contributed by atoms with Crippen molar-refractivity contribution < 1.29 is 0 Å². The van der Waals surface area contributed by atoms with Crippen molar-refractivity contribution in [2.45, 2.75) is 13.5 Å². The molecule has 1 aromatic carbocycles. The molecule has 0 aliphatic rings. The van der Waals surface area contributed by atoms with Crippen LogP contribution in [0.15, 0.2) is 35.7 Å². The van der Waals surface area contributed by atoms with Gasteiger partial charge in [0.2, 0.25) is 5.95 Å². The molecule has 102 valence electrons. The Labute approximate surface area is 120 Å². The summed E-state index contributed by atoms with van der Waals surface area (Å²) in [4.78, 5) is 9.61. The number of hydrogen-bond donors (Lipinski definition) is 3. The van der Waals surface area contributed by atoms with Gasteiger partial charge >= 0.3 is 0 Å². The summed E-state index contributed by atoms with van der Waals surface area (Å²) in [5.41, 5.74) is 4.97. The Morgan fingerprint density at radius 1 is 1.25 bits per heavy atom. The molecule has 20 heavy (non-hydrogen) atoms. The normalized spacial score (nSPS) is 10.7. The van der Waals surface area contributed by atoms with Gasteiger partial charge in [-0.3, -0.25) is 5.43 Å². The first-order valence-electron chi connectivity index (χ1n) is 6.27. The first kappa shape index (κ1) is 12.8. The Bertz CT molecular complexity index is 737. The number of nitrogens with one attached hydrogen (secondary N) is 2. The summed E-state index contributed by atoms with van der Waals surface area (Å²) in [5, 5.41) is 6.36. The molecule has 0 spiro atoms. The Balaban J connectivity index is 1.88. The van der Waals surface area contributed by atoms with Crippen molar-refractivity contribution in [1.29, 1.82) is 0 Å². The summed E-state index contributed by atoms with van der Waals surface area (Å²) in [5.74, 6) is 6.63. The Morgan fingerprint density at radius 3 is 2.95 bits per heavy atom. The van der Waals surface area contributed by atoms with E-state index in [0.717, 1.165) is 16.0 Å². The fourth-order valence-corrected chi connectivity index (χ4v) is 2.83. The lowest BCUT2D eigenvalue weighted by Crippen LogP contribution is -2.12. The van der Waals surface area contributed by atoms with E-state index in [2.05, 4.69) is 51.9 Å². The van der Waals surface area contributed by atoms with Crippen molar-refractivity contribution in [3.63, 3.8) is 0 Å². The van der Waals surface area contributed by atoms with Gasteiger partial charge in [-0.2, -0.15) is 4.98 Å². The third kappa shape index (κ3) is 2.56. The number of benzene rings is 1. The summed E-state index contributed by atoms with van der Waals surface area (Å²) in [6, 6.07) is 10.4. The minimum atomic E-state index is 0.423. The van der Waals surface area contributed by atoms with E-state index < -0.39 is 0 Å². The number of hydrazine groups is 1. The summed E-state index contributed by atoms with van der Waals surface area (Å²) < 4.78 is 0. The predicted molar refractivity (Wildman–Crippen MR) is 83.7 cm³/mol. The van der Waals surface area contributed by atoms with Crippen LogP contribution in [0.5, 0.6) is 0 Å². The number of anilines is 2. The Hall–Kier alpha value is -2.18. The Kier molecular flexibility index (Phi) is 3.49. The van der Waals surface area contributed by atoms with E-state index in [-0.39, 0.29) is 0 Å². The average molecular weight is 285 g/mol. The first-order chi connectivity index (χ1) is 9.76. The van der Waals surface area contributed by atoms with Crippen molar-refractivity contribution in [1.82, 2.24) is 9.97 Å². The average Bonchev–Trinajstić information content (AvgIpc) is 2.93. The van der Waals surface area contributed by atoms with Crippen molar-refractivity contribution in [2.24, 2.45) is 5.84 Å². The SMILES string of the molecule is Cc1cccc(CNc2nc(NN)nc3sccc23)c1. The van der Waals surface area contributed by atoms with Crippen LogP contribution in [0.25, 0.3) is 10.2 Å². The van der Waals surface area contributed by atoms with Gasteiger partial charge in [0.05, 0.1) is 5.39 Å². The third-order valence-corrected chi connectivity index (χ3v) is 3.80. The molecular formula is C14H15N5S. The third-order valence-electron chi connectivity index (χ3n) is 3.00. The molecule has 3 rings (SSSR count). The van der Waals surface area contributed by atoms with Crippen LogP contribution in [-0.2, 0) is 6.54 Å². The molecule has 2 aromatic heterocycles. The quantitative estimate of drug-likeness (QED) is 0.507. The minimum Gasteiger partial charge on any atom is -0.365 e. The number of nitrogens with zero attached hydrogens (tertiary/aromatic N) is 2. The van der Waals surface area contributed by atoms with Gasteiger partial charge in [0.15, 0.2) is 0 Å². The largest absolute Gasteiger partial charge is 0.365 e. The number of hydrogen-bond acceptors (Lipinski definition) is 6. The molecule has 0 fully saturated rings. The molecule has 5 nitrogen and oxygen atoms in total. The van der Waals surface area contributed by atoms with Crippen LogP contribution in [0.1, 0.15) is 11.1 Å². The van der Waals surface area contributed by atoms with Crippen LogP contribution in [0.4, 0.5) is 11.8 Å². The van der Waals surface area contributed by atoms with E-state index in [0.29, 0.717) is 12.5 Å². The molecule has 0 aliphatic carbocycles. The highest BCUT2D eigenvalue weighted by molar-refractivity contribution is 7.16. The highest BCUT2D eigenvalue weighted by Crippen LogP contribution is 2.26. The Morgan fingerprint density at radius 2 is 2.15 bits per heavy atom. The van der Waals surface area contributed by atoms with Gasteiger partial charge in [-0.05, 0) is 23.9 Å². The van der Waals surface area contributed by atoms with Gasteiger partial charge in [-0.15, -0.1) is 11.3 Å².